The van der Waals surface area contributed by atoms with Crippen molar-refractivity contribution in [2.45, 2.75) is 52.4 Å². The van der Waals surface area contributed by atoms with E-state index in [1.54, 1.807) is 34.8 Å². The number of nitrogens with one attached hydrogen (secondary N) is 4. The normalized spacial score (nSPS) is 14.4. The number of halogens is 1. The average molecular weight is 1160 g/mol. The highest BCUT2D eigenvalue weighted by molar-refractivity contribution is 7.24. The van der Waals surface area contributed by atoms with Gasteiger partial charge in [0.25, 0.3) is 0 Å². The van der Waals surface area contributed by atoms with Crippen LogP contribution in [-0.4, -0.2) is 130 Å². The van der Waals surface area contributed by atoms with E-state index in [0.29, 0.717) is 47.7 Å². The maximum absolute atomic E-state index is 12.4. The van der Waals surface area contributed by atoms with Crippen molar-refractivity contribution in [1.29, 1.82) is 0 Å². The van der Waals surface area contributed by atoms with E-state index in [1.165, 1.54) is 0 Å². The third kappa shape index (κ3) is 14.0. The van der Waals surface area contributed by atoms with Crippen LogP contribution in [0.2, 0.25) is 0 Å². The van der Waals surface area contributed by atoms with Gasteiger partial charge in [0, 0.05) is 97.1 Å². The van der Waals surface area contributed by atoms with E-state index in [9.17, 15) is 9.59 Å². The van der Waals surface area contributed by atoms with Gasteiger partial charge in [0.15, 0.2) is 21.6 Å². The fraction of sp³-hybridized carbons (Fsp3) is 0.345. The summed E-state index contributed by atoms with van der Waals surface area (Å²) in [5.41, 5.74) is 6.80. The minimum absolute atomic E-state index is 0. The van der Waals surface area contributed by atoms with Crippen LogP contribution >= 0.6 is 35.1 Å². The number of morpholine rings is 2. The molecule has 12 rings (SSSR count). The maximum atomic E-state index is 12.4. The first-order valence-corrected chi connectivity index (χ1v) is 28.3. The molecule has 2 aliphatic rings. The molecule has 4 aromatic carbocycles. The number of thiazole rings is 2. The standard InChI is InChI=1S/2C29H32N6O4S.ClH/c2*1-29(2,3)25-17-26(33-39-25)32-27(36)30-20-6-4-19(5-7-20)22-18-35-23-9-8-21(16-24(23)40-28(35)31-22)38-15-12-34-10-13-37-14-11-34;/h2*4-9,16-18H,10-15H2,1-3H3,(H2,30,32,33,36);1H. The van der Waals surface area contributed by atoms with E-state index in [4.69, 9.17) is 38.0 Å². The Morgan fingerprint density at radius 1 is 0.543 bits per heavy atom. The third-order valence-electron chi connectivity index (χ3n) is 13.6. The second-order valence-corrected chi connectivity index (χ2v) is 23.6. The molecule has 20 nitrogen and oxygen atoms in total. The van der Waals surface area contributed by atoms with Gasteiger partial charge in [-0.1, -0.05) is 98.8 Å². The number of urea groups is 2. The molecule has 2 fully saturated rings. The lowest BCUT2D eigenvalue weighted by Crippen LogP contribution is -2.38. The summed E-state index contributed by atoms with van der Waals surface area (Å²) in [4.78, 5) is 41.1. The first kappa shape index (κ1) is 56.7. The Morgan fingerprint density at radius 3 is 1.31 bits per heavy atom. The van der Waals surface area contributed by atoms with E-state index in [2.05, 4.69) is 74.4 Å². The molecule has 4 N–H and O–H groups in total. The molecule has 81 heavy (non-hydrogen) atoms. The molecule has 0 bridgehead atoms. The zero-order valence-corrected chi connectivity index (χ0v) is 48.4. The molecule has 0 aliphatic carbocycles. The zero-order chi connectivity index (χ0) is 55.4. The van der Waals surface area contributed by atoms with E-state index < -0.39 is 0 Å². The van der Waals surface area contributed by atoms with Crippen molar-refractivity contribution in [3.05, 3.63) is 121 Å². The fourth-order valence-electron chi connectivity index (χ4n) is 9.04. The Balaban J connectivity index is 0.000000180. The number of hydrogen-bond acceptors (Lipinski definition) is 16. The average Bonchev–Trinajstić information content (AvgIpc) is 4.34. The molecule has 4 amide bonds. The molecule has 0 radical (unpaired) electrons. The predicted octanol–water partition coefficient (Wildman–Crippen LogP) is 12.1. The molecule has 8 heterocycles. The number of aromatic nitrogens is 6. The summed E-state index contributed by atoms with van der Waals surface area (Å²) in [5.74, 6) is 3.89. The summed E-state index contributed by atoms with van der Waals surface area (Å²) < 4.78 is 40.0. The molecule has 0 saturated carbocycles. The summed E-state index contributed by atoms with van der Waals surface area (Å²) >= 11 is 3.27. The number of hydrogen-bond donors (Lipinski definition) is 4. The van der Waals surface area contributed by atoms with Crippen LogP contribution in [0.5, 0.6) is 11.5 Å². The molecular formula is C58H65ClN12O8S2. The highest BCUT2D eigenvalue weighted by Crippen LogP contribution is 2.35. The Kier molecular flexibility index (Phi) is 17.3. The predicted molar refractivity (Wildman–Crippen MR) is 320 cm³/mol. The van der Waals surface area contributed by atoms with Crippen LogP contribution in [0.3, 0.4) is 0 Å². The van der Waals surface area contributed by atoms with E-state index in [1.807, 2.05) is 115 Å². The molecule has 2 saturated heterocycles. The molecular weight excluding hydrogens is 1090 g/mol. The highest BCUT2D eigenvalue weighted by Gasteiger charge is 2.23. The monoisotopic (exact) mass is 1160 g/mol. The van der Waals surface area contributed by atoms with Gasteiger partial charge >= 0.3 is 12.1 Å². The minimum atomic E-state index is -0.389. The summed E-state index contributed by atoms with van der Waals surface area (Å²) in [7, 11) is 0. The van der Waals surface area contributed by atoms with Gasteiger partial charge in [0.05, 0.1) is 58.2 Å². The van der Waals surface area contributed by atoms with Crippen LogP contribution in [0.15, 0.2) is 119 Å². The van der Waals surface area contributed by atoms with Crippen LogP contribution in [0.1, 0.15) is 53.1 Å². The van der Waals surface area contributed by atoms with Gasteiger partial charge in [0.2, 0.25) is 0 Å². The molecule has 2 aliphatic heterocycles. The lowest BCUT2D eigenvalue weighted by molar-refractivity contribution is 0.0322. The highest BCUT2D eigenvalue weighted by atomic mass is 35.5. The number of rotatable bonds is 14. The fourth-order valence-corrected chi connectivity index (χ4v) is 11.1. The van der Waals surface area contributed by atoms with E-state index in [0.717, 1.165) is 130 Å². The lowest BCUT2D eigenvalue weighted by Gasteiger charge is -2.26. The van der Waals surface area contributed by atoms with Gasteiger partial charge in [-0.15, -0.1) is 12.4 Å². The number of fused-ring (bicyclic) bond motifs is 6. The number of nitrogens with zero attached hydrogens (tertiary/aromatic N) is 8. The Bertz CT molecular complexity index is 3500. The van der Waals surface area contributed by atoms with Crippen molar-refractivity contribution < 1.29 is 37.6 Å². The van der Waals surface area contributed by atoms with Gasteiger partial charge in [-0.3, -0.25) is 29.2 Å². The van der Waals surface area contributed by atoms with Crippen molar-refractivity contribution in [3.63, 3.8) is 0 Å². The number of benzene rings is 4. The first-order chi connectivity index (χ1) is 38.6. The van der Waals surface area contributed by atoms with Crippen LogP contribution in [0.25, 0.3) is 52.9 Å². The Labute approximate surface area is 482 Å². The smallest absolute Gasteiger partial charge is 0.324 e. The second-order valence-electron chi connectivity index (χ2n) is 21.6. The van der Waals surface area contributed by atoms with E-state index >= 15 is 0 Å². The largest absolute Gasteiger partial charge is 0.492 e. The van der Waals surface area contributed by atoms with Crippen LogP contribution in [0, 0.1) is 0 Å². The molecule has 23 heteroatoms. The minimum Gasteiger partial charge on any atom is -0.492 e. The maximum Gasteiger partial charge on any atom is 0.324 e. The van der Waals surface area contributed by atoms with Crippen molar-refractivity contribution >= 4 is 101 Å². The zero-order valence-electron chi connectivity index (χ0n) is 45.9. The van der Waals surface area contributed by atoms with Gasteiger partial charge in [-0.25, -0.2) is 19.6 Å². The van der Waals surface area contributed by atoms with Gasteiger partial charge in [-0.2, -0.15) is 0 Å². The van der Waals surface area contributed by atoms with Crippen LogP contribution < -0.4 is 30.7 Å². The summed E-state index contributed by atoms with van der Waals surface area (Å²) in [5, 5.41) is 18.9. The number of carbonyl (C=O) groups excluding carboxylic acids is 2. The third-order valence-corrected chi connectivity index (χ3v) is 15.6. The van der Waals surface area contributed by atoms with Gasteiger partial charge < -0.3 is 38.6 Å². The number of ether oxygens (including phenoxy) is 4. The Morgan fingerprint density at radius 2 is 0.938 bits per heavy atom. The lowest BCUT2D eigenvalue weighted by atomic mass is 9.93. The van der Waals surface area contributed by atoms with Crippen molar-refractivity contribution in [2.24, 2.45) is 0 Å². The molecule has 0 atom stereocenters. The first-order valence-electron chi connectivity index (χ1n) is 26.6. The number of imidazole rings is 2. The van der Waals surface area contributed by atoms with Gasteiger partial charge in [-0.05, 0) is 60.7 Å². The second kappa shape index (κ2) is 24.7. The SMILES string of the molecule is CC(C)(C)c1cc(NC(=O)Nc2ccc(-c3cn4c(n3)sc3cc(OCCN5CCOCC5)ccc34)cc2)no1.CC(C)(C)c1cc(NC(=O)Nc2ccc(-c3cn4c(n3)sc3cc(OCCN5CCOCC5)ccc34)cc2)no1.Cl. The van der Waals surface area contributed by atoms with Crippen molar-refractivity contribution in [2.75, 3.05) is 100 Å². The van der Waals surface area contributed by atoms with E-state index in [-0.39, 0.29) is 35.3 Å². The van der Waals surface area contributed by atoms with Crippen molar-refractivity contribution in [1.82, 2.24) is 38.9 Å². The van der Waals surface area contributed by atoms with Crippen LogP contribution in [-0.2, 0) is 20.3 Å². The molecule has 6 aromatic heterocycles. The van der Waals surface area contributed by atoms with Crippen molar-refractivity contribution in [3.8, 4) is 34.0 Å². The summed E-state index contributed by atoms with van der Waals surface area (Å²) in [6.45, 7) is 22.3. The molecule has 0 spiro atoms. The quantitative estimate of drug-likeness (QED) is 0.0798. The summed E-state index contributed by atoms with van der Waals surface area (Å²) in [6.07, 6.45) is 4.08. The topological polar surface area (TPSA) is 212 Å². The Hall–Kier alpha value is -7.57. The molecule has 10 aromatic rings. The number of amides is 4. The molecule has 0 unspecified atom stereocenters. The number of anilines is 4. The van der Waals surface area contributed by atoms with Gasteiger partial charge in [0.1, 0.15) is 36.2 Å². The van der Waals surface area contributed by atoms with Crippen LogP contribution in [0.4, 0.5) is 32.6 Å². The molecule has 424 valence electrons. The summed E-state index contributed by atoms with van der Waals surface area (Å²) in [6, 6.07) is 30.2. The number of carbonyl (C=O) groups is 2.